The van der Waals surface area contributed by atoms with Crippen LogP contribution in [0.2, 0.25) is 0 Å². The van der Waals surface area contributed by atoms with Crippen molar-refractivity contribution < 1.29 is 4.79 Å². The zero-order valence-electron chi connectivity index (χ0n) is 13.1. The van der Waals surface area contributed by atoms with Gasteiger partial charge in [-0.2, -0.15) is 0 Å². The molecule has 3 N–H and O–H groups in total. The van der Waals surface area contributed by atoms with E-state index in [4.69, 9.17) is 5.73 Å². The van der Waals surface area contributed by atoms with Gasteiger partial charge in [0.1, 0.15) is 0 Å². The molecule has 1 saturated heterocycles. The molecule has 4 heteroatoms. The van der Waals surface area contributed by atoms with E-state index in [2.05, 4.69) is 24.1 Å². The summed E-state index contributed by atoms with van der Waals surface area (Å²) in [6.45, 7) is 6.35. The van der Waals surface area contributed by atoms with Crippen molar-refractivity contribution in [2.24, 2.45) is 11.7 Å². The quantitative estimate of drug-likeness (QED) is 0.809. The van der Waals surface area contributed by atoms with Crippen LogP contribution in [0.3, 0.4) is 0 Å². The Balaban J connectivity index is 1.65. The molecule has 0 aromatic heterocycles. The van der Waals surface area contributed by atoms with Crippen molar-refractivity contribution in [3.05, 3.63) is 0 Å². The second kappa shape index (κ2) is 7.41. The predicted octanol–water partition coefficient (Wildman–Crippen LogP) is 1.88. The number of nitrogens with one attached hydrogen (secondary N) is 1. The van der Waals surface area contributed by atoms with E-state index < -0.39 is 0 Å². The Labute approximate surface area is 123 Å². The first-order valence-corrected chi connectivity index (χ1v) is 8.36. The molecule has 2 aliphatic rings. The monoisotopic (exact) mass is 281 g/mol. The third kappa shape index (κ3) is 4.19. The van der Waals surface area contributed by atoms with Gasteiger partial charge in [-0.05, 0) is 45.4 Å². The minimum Gasteiger partial charge on any atom is -0.355 e. The van der Waals surface area contributed by atoms with Crippen molar-refractivity contribution in [1.82, 2.24) is 10.2 Å². The SMILES string of the molecule is CC1CCCC(C)N1CCNC(=O)C[C@@H]1CCC[C@H]1N. The summed E-state index contributed by atoms with van der Waals surface area (Å²) in [5.74, 6) is 0.590. The van der Waals surface area contributed by atoms with Crippen molar-refractivity contribution >= 4 is 5.91 Å². The molecule has 116 valence electrons. The van der Waals surface area contributed by atoms with Crippen LogP contribution >= 0.6 is 0 Å². The molecule has 0 aromatic rings. The first-order chi connectivity index (χ1) is 9.58. The maximum atomic E-state index is 12.0. The summed E-state index contributed by atoms with van der Waals surface area (Å²) in [6.07, 6.45) is 7.92. The molecule has 1 aliphatic carbocycles. The van der Waals surface area contributed by atoms with E-state index in [1.54, 1.807) is 0 Å². The summed E-state index contributed by atoms with van der Waals surface area (Å²) in [7, 11) is 0. The highest BCUT2D eigenvalue weighted by molar-refractivity contribution is 5.76. The summed E-state index contributed by atoms with van der Waals surface area (Å²) in [5, 5.41) is 3.08. The first-order valence-electron chi connectivity index (χ1n) is 8.36. The fourth-order valence-electron chi connectivity index (χ4n) is 3.87. The van der Waals surface area contributed by atoms with Gasteiger partial charge in [0.25, 0.3) is 0 Å². The topological polar surface area (TPSA) is 58.4 Å². The van der Waals surface area contributed by atoms with Crippen LogP contribution in [-0.2, 0) is 4.79 Å². The molecule has 1 saturated carbocycles. The van der Waals surface area contributed by atoms with Gasteiger partial charge in [0.2, 0.25) is 5.91 Å². The summed E-state index contributed by atoms with van der Waals surface area (Å²) in [5.41, 5.74) is 6.02. The molecular formula is C16H31N3O. The van der Waals surface area contributed by atoms with Crippen molar-refractivity contribution in [3.63, 3.8) is 0 Å². The molecule has 2 unspecified atom stereocenters. The average molecular weight is 281 g/mol. The molecule has 1 aliphatic heterocycles. The van der Waals surface area contributed by atoms with Gasteiger partial charge in [-0.15, -0.1) is 0 Å². The van der Waals surface area contributed by atoms with E-state index >= 15 is 0 Å². The van der Waals surface area contributed by atoms with Crippen molar-refractivity contribution in [1.29, 1.82) is 0 Å². The van der Waals surface area contributed by atoms with Gasteiger partial charge in [-0.1, -0.05) is 12.8 Å². The number of amides is 1. The zero-order valence-corrected chi connectivity index (χ0v) is 13.1. The average Bonchev–Trinajstić information content (AvgIpc) is 2.79. The van der Waals surface area contributed by atoms with Crippen LogP contribution in [-0.4, -0.2) is 42.0 Å². The van der Waals surface area contributed by atoms with Gasteiger partial charge in [0.15, 0.2) is 0 Å². The molecule has 2 fully saturated rings. The molecule has 0 aromatic carbocycles. The smallest absolute Gasteiger partial charge is 0.220 e. The normalized spacial score (nSPS) is 35.1. The number of hydrogen-bond acceptors (Lipinski definition) is 3. The molecule has 4 atom stereocenters. The van der Waals surface area contributed by atoms with Crippen LogP contribution in [0.5, 0.6) is 0 Å². The van der Waals surface area contributed by atoms with Gasteiger partial charge in [0.05, 0.1) is 0 Å². The molecule has 0 spiro atoms. The van der Waals surface area contributed by atoms with Crippen LogP contribution in [0.1, 0.15) is 58.8 Å². The molecular weight excluding hydrogens is 250 g/mol. The summed E-state index contributed by atoms with van der Waals surface area (Å²) in [6, 6.07) is 1.54. The predicted molar refractivity (Wildman–Crippen MR) is 82.4 cm³/mol. The number of nitrogens with zero attached hydrogens (tertiary/aromatic N) is 1. The van der Waals surface area contributed by atoms with Crippen LogP contribution in [0.15, 0.2) is 0 Å². The van der Waals surface area contributed by atoms with Crippen molar-refractivity contribution in [3.8, 4) is 0 Å². The number of nitrogens with two attached hydrogens (primary N) is 1. The minimum absolute atomic E-state index is 0.185. The number of hydrogen-bond donors (Lipinski definition) is 2. The first kappa shape index (κ1) is 15.8. The fourth-order valence-corrected chi connectivity index (χ4v) is 3.87. The number of carbonyl (C=O) groups excluding carboxylic acids is 1. The molecule has 0 bridgehead atoms. The van der Waals surface area contributed by atoms with Gasteiger partial charge >= 0.3 is 0 Å². The Morgan fingerprint density at radius 2 is 1.80 bits per heavy atom. The Morgan fingerprint density at radius 3 is 2.40 bits per heavy atom. The van der Waals surface area contributed by atoms with Crippen molar-refractivity contribution in [2.75, 3.05) is 13.1 Å². The Morgan fingerprint density at radius 1 is 1.15 bits per heavy atom. The van der Waals surface area contributed by atoms with Gasteiger partial charge in [-0.3, -0.25) is 9.69 Å². The Kier molecular flexibility index (Phi) is 5.85. The lowest BCUT2D eigenvalue weighted by molar-refractivity contribution is -0.122. The van der Waals surface area contributed by atoms with Crippen molar-refractivity contribution in [2.45, 2.75) is 76.9 Å². The third-order valence-electron chi connectivity index (χ3n) is 5.23. The highest BCUT2D eigenvalue weighted by Crippen LogP contribution is 2.26. The van der Waals surface area contributed by atoms with E-state index in [0.717, 1.165) is 25.9 Å². The van der Waals surface area contributed by atoms with E-state index in [9.17, 15) is 4.79 Å². The van der Waals surface area contributed by atoms with Gasteiger partial charge in [-0.25, -0.2) is 0 Å². The molecule has 1 amide bonds. The largest absolute Gasteiger partial charge is 0.355 e. The van der Waals surface area contributed by atoms with Crippen LogP contribution in [0.4, 0.5) is 0 Å². The minimum atomic E-state index is 0.185. The summed E-state index contributed by atoms with van der Waals surface area (Å²) < 4.78 is 0. The lowest BCUT2D eigenvalue weighted by Gasteiger charge is -2.39. The molecule has 20 heavy (non-hydrogen) atoms. The molecule has 2 rings (SSSR count). The highest BCUT2D eigenvalue weighted by Gasteiger charge is 2.27. The van der Waals surface area contributed by atoms with Gasteiger partial charge in [0, 0.05) is 37.6 Å². The number of carbonyl (C=O) groups is 1. The number of rotatable bonds is 5. The third-order valence-corrected chi connectivity index (χ3v) is 5.23. The standard InChI is InChI=1S/C16H31N3O/c1-12-5-3-6-13(2)19(12)10-9-18-16(20)11-14-7-4-8-15(14)17/h12-15H,3-11,17H2,1-2H3,(H,18,20)/t12?,13?,14-,15+/m0/s1. The van der Waals surface area contributed by atoms with Crippen LogP contribution in [0.25, 0.3) is 0 Å². The number of likely N-dealkylation sites (tertiary alicyclic amines) is 1. The maximum Gasteiger partial charge on any atom is 0.220 e. The molecule has 0 radical (unpaired) electrons. The molecule has 1 heterocycles. The van der Waals surface area contributed by atoms with E-state index in [0.29, 0.717) is 24.4 Å². The summed E-state index contributed by atoms with van der Waals surface area (Å²) in [4.78, 5) is 14.5. The number of piperidine rings is 1. The Bertz CT molecular complexity index is 311. The van der Waals surface area contributed by atoms with E-state index in [-0.39, 0.29) is 11.9 Å². The lowest BCUT2D eigenvalue weighted by atomic mass is 9.97. The fraction of sp³-hybridized carbons (Fsp3) is 0.938. The second-order valence-electron chi connectivity index (χ2n) is 6.78. The second-order valence-corrected chi connectivity index (χ2v) is 6.78. The van der Waals surface area contributed by atoms with E-state index in [1.165, 1.54) is 25.7 Å². The lowest BCUT2D eigenvalue weighted by Crippen LogP contribution is -2.47. The Hall–Kier alpha value is -0.610. The summed E-state index contributed by atoms with van der Waals surface area (Å²) >= 11 is 0. The highest BCUT2D eigenvalue weighted by atomic mass is 16.1. The molecule has 4 nitrogen and oxygen atoms in total. The zero-order chi connectivity index (χ0) is 14.5. The van der Waals surface area contributed by atoms with E-state index in [1.807, 2.05) is 0 Å². The van der Waals surface area contributed by atoms with Crippen LogP contribution < -0.4 is 11.1 Å². The van der Waals surface area contributed by atoms with Gasteiger partial charge < -0.3 is 11.1 Å². The maximum absolute atomic E-state index is 12.0. The van der Waals surface area contributed by atoms with Crippen LogP contribution in [0, 0.1) is 5.92 Å².